The van der Waals surface area contributed by atoms with Crippen molar-refractivity contribution in [2.75, 3.05) is 6.54 Å². The summed E-state index contributed by atoms with van der Waals surface area (Å²) in [4.78, 5) is 22.3. The third kappa shape index (κ3) is 3.56. The molecule has 0 aliphatic carbocycles. The van der Waals surface area contributed by atoms with Crippen LogP contribution in [-0.2, 0) is 4.79 Å². The van der Waals surface area contributed by atoms with E-state index in [1.165, 1.54) is 0 Å². The summed E-state index contributed by atoms with van der Waals surface area (Å²) in [5.41, 5.74) is 2.33. The van der Waals surface area contributed by atoms with E-state index in [0.29, 0.717) is 5.56 Å². The van der Waals surface area contributed by atoms with Gasteiger partial charge in [-0.25, -0.2) is 4.79 Å². The Balaban J connectivity index is 2.59. The first-order valence-electron chi connectivity index (χ1n) is 5.68. The molecule has 1 rings (SSSR count). The first-order chi connectivity index (χ1) is 8.43. The predicted octanol–water partition coefficient (Wildman–Crippen LogP) is 0.869. The number of benzene rings is 1. The lowest BCUT2D eigenvalue weighted by molar-refractivity contribution is -0.146. The smallest absolute Gasteiger partial charge is 0.332 e. The normalized spacial score (nSPS) is 11.9. The molecule has 1 aromatic carbocycles. The first kappa shape index (κ1) is 14.2. The number of aliphatic hydroxyl groups excluding tert-OH is 1. The van der Waals surface area contributed by atoms with Gasteiger partial charge in [0.15, 0.2) is 6.10 Å². The van der Waals surface area contributed by atoms with E-state index in [4.69, 9.17) is 10.2 Å². The van der Waals surface area contributed by atoms with Crippen LogP contribution in [0.15, 0.2) is 18.2 Å². The number of carbonyl (C=O) groups excluding carboxylic acids is 1. The Morgan fingerprint density at radius 1 is 1.28 bits per heavy atom. The van der Waals surface area contributed by atoms with Crippen LogP contribution < -0.4 is 5.32 Å². The SMILES string of the molecule is Cc1cccc(C)c1C(=O)NCCC(O)C(=O)O. The molecule has 1 atom stereocenters. The Morgan fingerprint density at radius 2 is 1.83 bits per heavy atom. The number of hydrogen-bond donors (Lipinski definition) is 3. The van der Waals surface area contributed by atoms with Gasteiger partial charge < -0.3 is 15.5 Å². The second-order valence-corrected chi connectivity index (χ2v) is 4.17. The van der Waals surface area contributed by atoms with Gasteiger partial charge >= 0.3 is 5.97 Å². The van der Waals surface area contributed by atoms with Crippen LogP contribution in [0.1, 0.15) is 27.9 Å². The highest BCUT2D eigenvalue weighted by Crippen LogP contribution is 2.12. The van der Waals surface area contributed by atoms with Gasteiger partial charge in [0.25, 0.3) is 5.91 Å². The van der Waals surface area contributed by atoms with Crippen molar-refractivity contribution in [3.05, 3.63) is 34.9 Å². The summed E-state index contributed by atoms with van der Waals surface area (Å²) in [6.07, 6.45) is -1.45. The number of aliphatic carboxylic acids is 1. The fourth-order valence-electron chi connectivity index (χ4n) is 1.71. The van der Waals surface area contributed by atoms with E-state index in [1.54, 1.807) is 0 Å². The molecule has 0 saturated heterocycles. The highest BCUT2D eigenvalue weighted by atomic mass is 16.4. The number of carboxylic acid groups (broad SMARTS) is 1. The number of amides is 1. The molecule has 0 spiro atoms. The van der Waals surface area contributed by atoms with E-state index >= 15 is 0 Å². The molecule has 0 aliphatic heterocycles. The van der Waals surface area contributed by atoms with Crippen molar-refractivity contribution in [3.8, 4) is 0 Å². The zero-order valence-electron chi connectivity index (χ0n) is 10.4. The zero-order valence-corrected chi connectivity index (χ0v) is 10.4. The lowest BCUT2D eigenvalue weighted by atomic mass is 10.0. The molecular formula is C13H17NO4. The topological polar surface area (TPSA) is 86.6 Å². The molecular weight excluding hydrogens is 234 g/mol. The van der Waals surface area contributed by atoms with Gasteiger partial charge in [-0.2, -0.15) is 0 Å². The van der Waals surface area contributed by atoms with Gasteiger partial charge in [0, 0.05) is 18.5 Å². The zero-order chi connectivity index (χ0) is 13.7. The molecule has 18 heavy (non-hydrogen) atoms. The summed E-state index contributed by atoms with van der Waals surface area (Å²) in [5, 5.41) is 20.2. The number of carboxylic acids is 1. The van der Waals surface area contributed by atoms with Crippen molar-refractivity contribution in [2.24, 2.45) is 0 Å². The quantitative estimate of drug-likeness (QED) is 0.724. The average Bonchev–Trinajstić information content (AvgIpc) is 2.28. The molecule has 0 radical (unpaired) electrons. The largest absolute Gasteiger partial charge is 0.479 e. The van der Waals surface area contributed by atoms with Crippen molar-refractivity contribution in [1.82, 2.24) is 5.32 Å². The van der Waals surface area contributed by atoms with Crippen LogP contribution >= 0.6 is 0 Å². The summed E-state index contributed by atoms with van der Waals surface area (Å²) in [6.45, 7) is 3.81. The van der Waals surface area contributed by atoms with Crippen LogP contribution in [0.5, 0.6) is 0 Å². The average molecular weight is 251 g/mol. The Morgan fingerprint density at radius 3 is 2.33 bits per heavy atom. The van der Waals surface area contributed by atoms with E-state index in [1.807, 2.05) is 32.0 Å². The third-order valence-electron chi connectivity index (χ3n) is 2.70. The molecule has 0 heterocycles. The number of carbonyl (C=O) groups is 2. The van der Waals surface area contributed by atoms with Crippen LogP contribution in [0.3, 0.4) is 0 Å². The lowest BCUT2D eigenvalue weighted by Gasteiger charge is -2.11. The van der Waals surface area contributed by atoms with E-state index < -0.39 is 12.1 Å². The number of aryl methyl sites for hydroxylation is 2. The van der Waals surface area contributed by atoms with Crippen molar-refractivity contribution in [3.63, 3.8) is 0 Å². The van der Waals surface area contributed by atoms with E-state index in [2.05, 4.69) is 5.32 Å². The van der Waals surface area contributed by atoms with Crippen LogP contribution in [-0.4, -0.2) is 34.7 Å². The summed E-state index contributed by atoms with van der Waals surface area (Å²) in [7, 11) is 0. The van der Waals surface area contributed by atoms with E-state index in [-0.39, 0.29) is 18.9 Å². The van der Waals surface area contributed by atoms with Crippen molar-refractivity contribution >= 4 is 11.9 Å². The first-order valence-corrected chi connectivity index (χ1v) is 5.68. The molecule has 0 fully saturated rings. The number of aliphatic hydroxyl groups is 1. The number of rotatable bonds is 5. The molecule has 0 saturated carbocycles. The summed E-state index contributed by atoms with van der Waals surface area (Å²) in [6, 6.07) is 5.55. The Hall–Kier alpha value is -1.88. The second kappa shape index (κ2) is 6.16. The van der Waals surface area contributed by atoms with Crippen molar-refractivity contribution in [2.45, 2.75) is 26.4 Å². The molecule has 1 amide bonds. The fraction of sp³-hybridized carbons (Fsp3) is 0.385. The van der Waals surface area contributed by atoms with Crippen molar-refractivity contribution < 1.29 is 19.8 Å². The minimum atomic E-state index is -1.44. The Kier molecular flexibility index (Phi) is 4.85. The fourth-order valence-corrected chi connectivity index (χ4v) is 1.71. The van der Waals surface area contributed by atoms with Gasteiger partial charge in [0.05, 0.1) is 0 Å². The van der Waals surface area contributed by atoms with Crippen LogP contribution in [0.4, 0.5) is 0 Å². The molecule has 5 nitrogen and oxygen atoms in total. The number of nitrogens with one attached hydrogen (secondary N) is 1. The standard InChI is InChI=1S/C13H17NO4/c1-8-4-3-5-9(2)11(8)12(16)14-7-6-10(15)13(17)18/h3-5,10,15H,6-7H2,1-2H3,(H,14,16)(H,17,18). The third-order valence-corrected chi connectivity index (χ3v) is 2.70. The van der Waals surface area contributed by atoms with Gasteiger partial charge in [0.2, 0.25) is 0 Å². The van der Waals surface area contributed by atoms with E-state index in [0.717, 1.165) is 11.1 Å². The number of hydrogen-bond acceptors (Lipinski definition) is 3. The summed E-state index contributed by atoms with van der Waals surface area (Å²) < 4.78 is 0. The maximum Gasteiger partial charge on any atom is 0.332 e. The van der Waals surface area contributed by atoms with E-state index in [9.17, 15) is 9.59 Å². The van der Waals surface area contributed by atoms with Crippen molar-refractivity contribution in [1.29, 1.82) is 0 Å². The molecule has 0 aromatic heterocycles. The lowest BCUT2D eigenvalue weighted by Crippen LogP contribution is -2.30. The minimum absolute atomic E-state index is 0.00793. The van der Waals surface area contributed by atoms with Crippen LogP contribution in [0.2, 0.25) is 0 Å². The molecule has 3 N–H and O–H groups in total. The molecule has 98 valence electrons. The molecule has 5 heteroatoms. The predicted molar refractivity (Wildman–Crippen MR) is 66.5 cm³/mol. The Bertz CT molecular complexity index is 436. The minimum Gasteiger partial charge on any atom is -0.479 e. The van der Waals surface area contributed by atoms with Gasteiger partial charge in [-0.1, -0.05) is 18.2 Å². The Labute approximate surface area is 105 Å². The van der Waals surface area contributed by atoms with Gasteiger partial charge in [-0.05, 0) is 25.0 Å². The highest BCUT2D eigenvalue weighted by Gasteiger charge is 2.15. The van der Waals surface area contributed by atoms with Gasteiger partial charge in [0.1, 0.15) is 0 Å². The summed E-state index contributed by atoms with van der Waals surface area (Å²) >= 11 is 0. The summed E-state index contributed by atoms with van der Waals surface area (Å²) in [5.74, 6) is -1.53. The maximum absolute atomic E-state index is 11.9. The maximum atomic E-state index is 11.9. The second-order valence-electron chi connectivity index (χ2n) is 4.17. The molecule has 1 unspecified atom stereocenters. The van der Waals surface area contributed by atoms with Gasteiger partial charge in [-0.15, -0.1) is 0 Å². The molecule has 0 bridgehead atoms. The molecule has 1 aromatic rings. The highest BCUT2D eigenvalue weighted by molar-refractivity contribution is 5.97. The van der Waals surface area contributed by atoms with Crippen LogP contribution in [0.25, 0.3) is 0 Å². The molecule has 0 aliphatic rings. The monoisotopic (exact) mass is 251 g/mol. The van der Waals surface area contributed by atoms with Crippen LogP contribution in [0, 0.1) is 13.8 Å². The van der Waals surface area contributed by atoms with Gasteiger partial charge in [-0.3, -0.25) is 4.79 Å².